The predicted molar refractivity (Wildman–Crippen MR) is 82.9 cm³/mol. The van der Waals surface area contributed by atoms with E-state index in [-0.39, 0.29) is 18.4 Å². The molecule has 0 aliphatic carbocycles. The number of aryl methyl sites for hydroxylation is 2. The van der Waals surface area contributed by atoms with Crippen LogP contribution in [0.25, 0.3) is 0 Å². The van der Waals surface area contributed by atoms with Crippen LogP contribution in [0.2, 0.25) is 0 Å². The Bertz CT molecular complexity index is 576. The molecule has 0 spiro atoms. The number of hydrogen-bond acceptors (Lipinski definition) is 3. The van der Waals surface area contributed by atoms with Crippen LogP contribution in [0.1, 0.15) is 43.6 Å². The molecule has 0 unspecified atom stereocenters. The summed E-state index contributed by atoms with van der Waals surface area (Å²) in [5, 5.41) is 11.7. The molecule has 2 aromatic heterocycles. The van der Waals surface area contributed by atoms with Crippen molar-refractivity contribution >= 4 is 12.4 Å². The second kappa shape index (κ2) is 7.56. The Balaban J connectivity index is 0.00000220. The van der Waals surface area contributed by atoms with Crippen molar-refractivity contribution in [3.8, 4) is 0 Å². The van der Waals surface area contributed by atoms with E-state index in [1.165, 1.54) is 4.68 Å². The molecule has 2 heterocycles. The Kier molecular flexibility index (Phi) is 6.36. The van der Waals surface area contributed by atoms with E-state index < -0.39 is 0 Å². The summed E-state index contributed by atoms with van der Waals surface area (Å²) in [4.78, 5) is 0. The van der Waals surface area contributed by atoms with Crippen LogP contribution in [0.4, 0.5) is 4.39 Å². The lowest BCUT2D eigenvalue weighted by Gasteiger charge is -2.04. The van der Waals surface area contributed by atoms with Crippen molar-refractivity contribution in [3.63, 3.8) is 0 Å². The predicted octanol–water partition coefficient (Wildman–Crippen LogP) is 2.61. The number of halogens is 2. The van der Waals surface area contributed by atoms with E-state index in [4.69, 9.17) is 0 Å². The van der Waals surface area contributed by atoms with E-state index in [2.05, 4.69) is 35.4 Å². The van der Waals surface area contributed by atoms with E-state index in [0.29, 0.717) is 31.1 Å². The Morgan fingerprint density at radius 1 is 1.33 bits per heavy atom. The van der Waals surface area contributed by atoms with Gasteiger partial charge in [-0.15, -0.1) is 12.4 Å². The first-order chi connectivity index (χ1) is 9.52. The van der Waals surface area contributed by atoms with Gasteiger partial charge in [-0.25, -0.2) is 4.68 Å². The molecule has 0 radical (unpaired) electrons. The van der Waals surface area contributed by atoms with Gasteiger partial charge < -0.3 is 5.32 Å². The number of hydrogen-bond donors (Lipinski definition) is 1. The minimum absolute atomic E-state index is 0. The van der Waals surface area contributed by atoms with Crippen LogP contribution in [0.15, 0.2) is 12.3 Å². The number of rotatable bonds is 6. The van der Waals surface area contributed by atoms with Gasteiger partial charge in [0.25, 0.3) is 0 Å². The van der Waals surface area contributed by atoms with Crippen LogP contribution in [0.3, 0.4) is 0 Å². The maximum absolute atomic E-state index is 13.8. The van der Waals surface area contributed by atoms with Crippen molar-refractivity contribution in [2.45, 2.75) is 46.3 Å². The quantitative estimate of drug-likeness (QED) is 0.891. The summed E-state index contributed by atoms with van der Waals surface area (Å²) < 4.78 is 17.0. The summed E-state index contributed by atoms with van der Waals surface area (Å²) in [6, 6.07) is 2.09. The van der Waals surface area contributed by atoms with E-state index in [1.807, 2.05) is 18.7 Å². The van der Waals surface area contributed by atoms with Crippen LogP contribution in [0, 0.1) is 5.95 Å². The number of aromatic nitrogens is 4. The van der Waals surface area contributed by atoms with Gasteiger partial charge in [0.15, 0.2) is 0 Å². The second-order valence-corrected chi connectivity index (χ2v) is 5.22. The second-order valence-electron chi connectivity index (χ2n) is 5.22. The summed E-state index contributed by atoms with van der Waals surface area (Å²) in [7, 11) is 1.93. The van der Waals surface area contributed by atoms with Gasteiger partial charge in [0.1, 0.15) is 0 Å². The van der Waals surface area contributed by atoms with Gasteiger partial charge in [0.2, 0.25) is 5.95 Å². The zero-order chi connectivity index (χ0) is 14.7. The molecule has 0 bridgehead atoms. The van der Waals surface area contributed by atoms with Crippen molar-refractivity contribution < 1.29 is 4.39 Å². The topological polar surface area (TPSA) is 47.7 Å². The third-order valence-corrected chi connectivity index (χ3v) is 3.35. The molecule has 0 amide bonds. The molecule has 5 nitrogen and oxygen atoms in total. The lowest BCUT2D eigenvalue weighted by Crippen LogP contribution is -2.16. The molecule has 0 aliphatic rings. The molecule has 118 valence electrons. The largest absolute Gasteiger partial charge is 0.307 e. The van der Waals surface area contributed by atoms with E-state index in [1.54, 1.807) is 6.20 Å². The van der Waals surface area contributed by atoms with Crippen LogP contribution in [-0.2, 0) is 26.7 Å². The smallest absolute Gasteiger partial charge is 0.215 e. The Labute approximate surface area is 130 Å². The fourth-order valence-corrected chi connectivity index (χ4v) is 2.05. The summed E-state index contributed by atoms with van der Waals surface area (Å²) in [5.41, 5.74) is 2.77. The molecule has 0 saturated heterocycles. The van der Waals surface area contributed by atoms with Gasteiger partial charge in [-0.05, 0) is 18.9 Å². The third kappa shape index (κ3) is 4.04. The van der Waals surface area contributed by atoms with Gasteiger partial charge >= 0.3 is 0 Å². The minimum atomic E-state index is -0.257. The minimum Gasteiger partial charge on any atom is -0.307 e. The maximum Gasteiger partial charge on any atom is 0.215 e. The fourth-order valence-electron chi connectivity index (χ4n) is 2.05. The molecule has 2 rings (SSSR count). The van der Waals surface area contributed by atoms with Crippen molar-refractivity contribution in [3.05, 3.63) is 35.2 Å². The Morgan fingerprint density at radius 3 is 2.57 bits per heavy atom. The SMILES string of the molecule is CCn1ncc(CNCc2cc(C(C)C)nn2C)c1F.Cl. The Morgan fingerprint density at radius 2 is 2.05 bits per heavy atom. The average molecular weight is 316 g/mol. The highest BCUT2D eigenvalue weighted by Gasteiger charge is 2.10. The molecule has 0 fully saturated rings. The van der Waals surface area contributed by atoms with Gasteiger partial charge in [0, 0.05) is 32.2 Å². The third-order valence-electron chi connectivity index (χ3n) is 3.35. The van der Waals surface area contributed by atoms with Crippen LogP contribution < -0.4 is 5.32 Å². The standard InChI is InChI=1S/C14H22FN5.ClH/c1-5-20-14(15)11(8-17-20)7-16-9-12-6-13(10(2)3)18-19(12)4;/h6,8,10,16H,5,7,9H2,1-4H3;1H. The first kappa shape index (κ1) is 17.7. The first-order valence-electron chi connectivity index (χ1n) is 6.96. The molecule has 2 aromatic rings. The normalized spacial score (nSPS) is 11.0. The molecule has 0 saturated carbocycles. The average Bonchev–Trinajstić information content (AvgIpc) is 2.95. The molecule has 21 heavy (non-hydrogen) atoms. The molecule has 0 aromatic carbocycles. The lowest BCUT2D eigenvalue weighted by molar-refractivity contribution is 0.460. The van der Waals surface area contributed by atoms with Gasteiger partial charge in [-0.3, -0.25) is 4.68 Å². The monoisotopic (exact) mass is 315 g/mol. The highest BCUT2D eigenvalue weighted by Crippen LogP contribution is 2.14. The number of nitrogens with one attached hydrogen (secondary N) is 1. The van der Waals surface area contributed by atoms with Gasteiger partial charge in [-0.1, -0.05) is 13.8 Å². The van der Waals surface area contributed by atoms with Gasteiger partial charge in [-0.2, -0.15) is 14.6 Å². The van der Waals surface area contributed by atoms with E-state index in [9.17, 15) is 4.39 Å². The summed E-state index contributed by atoms with van der Waals surface area (Å²) in [6.45, 7) is 7.78. The zero-order valence-electron chi connectivity index (χ0n) is 12.9. The zero-order valence-corrected chi connectivity index (χ0v) is 13.7. The van der Waals surface area contributed by atoms with Crippen molar-refractivity contribution in [2.75, 3.05) is 0 Å². The van der Waals surface area contributed by atoms with Crippen molar-refractivity contribution in [2.24, 2.45) is 7.05 Å². The lowest BCUT2D eigenvalue weighted by atomic mass is 10.1. The first-order valence-corrected chi connectivity index (χ1v) is 6.96. The van der Waals surface area contributed by atoms with E-state index >= 15 is 0 Å². The molecular weight excluding hydrogens is 293 g/mol. The molecule has 0 atom stereocenters. The van der Waals surface area contributed by atoms with Gasteiger partial charge in [0.05, 0.1) is 17.6 Å². The highest BCUT2D eigenvalue weighted by atomic mass is 35.5. The number of nitrogens with zero attached hydrogens (tertiary/aromatic N) is 4. The molecule has 0 aliphatic heterocycles. The van der Waals surface area contributed by atoms with Crippen LogP contribution in [-0.4, -0.2) is 19.6 Å². The van der Waals surface area contributed by atoms with Crippen molar-refractivity contribution in [1.29, 1.82) is 0 Å². The summed E-state index contributed by atoms with van der Waals surface area (Å²) in [6.07, 6.45) is 1.58. The summed E-state index contributed by atoms with van der Waals surface area (Å²) >= 11 is 0. The molecule has 1 N–H and O–H groups in total. The van der Waals surface area contributed by atoms with Crippen molar-refractivity contribution in [1.82, 2.24) is 24.9 Å². The Hall–Kier alpha value is -1.40. The van der Waals surface area contributed by atoms with Crippen LogP contribution >= 0.6 is 12.4 Å². The maximum atomic E-state index is 13.8. The highest BCUT2D eigenvalue weighted by molar-refractivity contribution is 5.85. The fraction of sp³-hybridized carbons (Fsp3) is 0.571. The van der Waals surface area contributed by atoms with Crippen LogP contribution in [0.5, 0.6) is 0 Å². The van der Waals surface area contributed by atoms with E-state index in [0.717, 1.165) is 11.4 Å². The molecule has 7 heteroatoms. The summed E-state index contributed by atoms with van der Waals surface area (Å²) in [5.74, 6) is 0.156. The molecular formula is C14H23ClFN5.